The topological polar surface area (TPSA) is 35.2 Å². The van der Waals surface area contributed by atoms with Crippen LogP contribution in [0.2, 0.25) is 0 Å². The lowest BCUT2D eigenvalue weighted by Gasteiger charge is -2.13. The van der Waals surface area contributed by atoms with Crippen molar-refractivity contribution in [3.8, 4) is 0 Å². The Hall–Kier alpha value is -0.380. The second-order valence-electron chi connectivity index (χ2n) is 4.30. The van der Waals surface area contributed by atoms with Gasteiger partial charge >= 0.3 is 0 Å². The highest BCUT2D eigenvalue weighted by atomic mass is 79.9. The minimum atomic E-state index is 0.180. The third-order valence-corrected chi connectivity index (χ3v) is 2.88. The summed E-state index contributed by atoms with van der Waals surface area (Å²) in [5.74, 6) is 0. The molecule has 0 radical (unpaired) electrons. The van der Waals surface area contributed by atoms with Crippen LogP contribution in [0.5, 0.6) is 0 Å². The maximum absolute atomic E-state index is 6.04. The van der Waals surface area contributed by atoms with E-state index in [4.69, 9.17) is 10.5 Å². The van der Waals surface area contributed by atoms with Gasteiger partial charge in [0.2, 0.25) is 0 Å². The zero-order chi connectivity index (χ0) is 12.0. The van der Waals surface area contributed by atoms with Crippen molar-refractivity contribution in [3.63, 3.8) is 0 Å². The lowest BCUT2D eigenvalue weighted by molar-refractivity contribution is 0.0737. The Kier molecular flexibility index (Phi) is 6.03. The summed E-state index contributed by atoms with van der Waals surface area (Å²) < 4.78 is 6.59. The molecule has 1 aromatic rings. The summed E-state index contributed by atoms with van der Waals surface area (Å²) in [5.41, 5.74) is 7.32. The van der Waals surface area contributed by atoms with E-state index in [-0.39, 0.29) is 6.04 Å². The fourth-order valence-electron chi connectivity index (χ4n) is 1.48. The van der Waals surface area contributed by atoms with Gasteiger partial charge in [-0.1, -0.05) is 28.1 Å². The van der Waals surface area contributed by atoms with Crippen molar-refractivity contribution < 1.29 is 4.74 Å². The van der Waals surface area contributed by atoms with E-state index in [1.807, 2.05) is 26.0 Å². The first kappa shape index (κ1) is 13.7. The average Bonchev–Trinajstić information content (AvgIpc) is 2.21. The minimum absolute atomic E-state index is 0.180. The number of nitrogens with two attached hydrogens (primary N) is 1. The molecule has 0 saturated heterocycles. The van der Waals surface area contributed by atoms with Gasteiger partial charge in [-0.3, -0.25) is 0 Å². The van der Waals surface area contributed by atoms with Crippen molar-refractivity contribution in [2.75, 3.05) is 6.61 Å². The van der Waals surface area contributed by atoms with Crippen LogP contribution < -0.4 is 5.73 Å². The highest BCUT2D eigenvalue weighted by molar-refractivity contribution is 9.10. The van der Waals surface area contributed by atoms with E-state index >= 15 is 0 Å². The van der Waals surface area contributed by atoms with Gasteiger partial charge in [0.1, 0.15) is 0 Å². The molecule has 0 saturated carbocycles. The van der Waals surface area contributed by atoms with Crippen molar-refractivity contribution >= 4 is 15.9 Å². The van der Waals surface area contributed by atoms with E-state index in [0.29, 0.717) is 6.10 Å². The molecule has 1 rings (SSSR count). The van der Waals surface area contributed by atoms with E-state index in [2.05, 4.69) is 28.1 Å². The molecule has 1 atom stereocenters. The maximum atomic E-state index is 6.04. The van der Waals surface area contributed by atoms with Gasteiger partial charge in [-0.15, -0.1) is 0 Å². The van der Waals surface area contributed by atoms with Gasteiger partial charge in [-0.05, 0) is 44.4 Å². The molecule has 0 aliphatic heterocycles. The summed E-state index contributed by atoms with van der Waals surface area (Å²) in [6, 6.07) is 8.49. The third-order valence-electron chi connectivity index (χ3n) is 2.35. The maximum Gasteiger partial charge on any atom is 0.0518 e. The summed E-state index contributed by atoms with van der Waals surface area (Å²) in [6.07, 6.45) is 2.11. The standard InChI is InChI=1S/C13H20BrNO/c1-10(2)16-8-7-13(15)9-11-3-5-12(14)6-4-11/h3-6,10,13H,7-9,15H2,1-2H3. The van der Waals surface area contributed by atoms with Gasteiger partial charge in [-0.25, -0.2) is 0 Å². The normalized spacial score (nSPS) is 13.1. The molecule has 3 heteroatoms. The van der Waals surface area contributed by atoms with Crippen LogP contribution in [0.4, 0.5) is 0 Å². The molecule has 0 heterocycles. The number of hydrogen-bond acceptors (Lipinski definition) is 2. The summed E-state index contributed by atoms with van der Waals surface area (Å²) in [4.78, 5) is 0. The Balaban J connectivity index is 2.28. The Morgan fingerprint density at radius 1 is 1.25 bits per heavy atom. The van der Waals surface area contributed by atoms with Gasteiger partial charge in [0.15, 0.2) is 0 Å². The van der Waals surface area contributed by atoms with Gasteiger partial charge in [0.25, 0.3) is 0 Å². The number of halogens is 1. The SMILES string of the molecule is CC(C)OCCC(N)Cc1ccc(Br)cc1. The van der Waals surface area contributed by atoms with Crippen LogP contribution in [0, 0.1) is 0 Å². The predicted octanol–water partition coefficient (Wildman–Crippen LogP) is 3.13. The molecular weight excluding hydrogens is 266 g/mol. The Labute approximate surface area is 106 Å². The average molecular weight is 286 g/mol. The molecule has 0 amide bonds. The van der Waals surface area contributed by atoms with Gasteiger partial charge in [-0.2, -0.15) is 0 Å². The largest absolute Gasteiger partial charge is 0.379 e. The lowest BCUT2D eigenvalue weighted by atomic mass is 10.0. The van der Waals surface area contributed by atoms with E-state index < -0.39 is 0 Å². The minimum Gasteiger partial charge on any atom is -0.379 e. The Bertz CT molecular complexity index is 297. The van der Waals surface area contributed by atoms with Crippen LogP contribution in [0.25, 0.3) is 0 Å². The molecule has 90 valence electrons. The van der Waals surface area contributed by atoms with Crippen molar-refractivity contribution in [1.29, 1.82) is 0 Å². The molecule has 16 heavy (non-hydrogen) atoms. The van der Waals surface area contributed by atoms with Crippen molar-refractivity contribution in [2.24, 2.45) is 5.73 Å². The lowest BCUT2D eigenvalue weighted by Crippen LogP contribution is -2.25. The third kappa shape index (κ3) is 5.64. The molecule has 1 aromatic carbocycles. The van der Waals surface area contributed by atoms with Crippen LogP contribution in [0.1, 0.15) is 25.8 Å². The zero-order valence-electron chi connectivity index (χ0n) is 9.95. The highest BCUT2D eigenvalue weighted by Gasteiger charge is 2.04. The van der Waals surface area contributed by atoms with Crippen molar-refractivity contribution in [3.05, 3.63) is 34.3 Å². The van der Waals surface area contributed by atoms with Crippen LogP contribution in [0.15, 0.2) is 28.7 Å². The quantitative estimate of drug-likeness (QED) is 0.872. The fraction of sp³-hybridized carbons (Fsp3) is 0.538. The van der Waals surface area contributed by atoms with Crippen LogP contribution in [-0.2, 0) is 11.2 Å². The Morgan fingerprint density at radius 2 is 1.88 bits per heavy atom. The monoisotopic (exact) mass is 285 g/mol. The van der Waals surface area contributed by atoms with Crippen LogP contribution in [-0.4, -0.2) is 18.8 Å². The molecular formula is C13H20BrNO. The second-order valence-corrected chi connectivity index (χ2v) is 5.21. The zero-order valence-corrected chi connectivity index (χ0v) is 11.5. The van der Waals surface area contributed by atoms with E-state index in [1.54, 1.807) is 0 Å². The van der Waals surface area contributed by atoms with Crippen molar-refractivity contribution in [2.45, 2.75) is 38.8 Å². The Morgan fingerprint density at radius 3 is 2.44 bits per heavy atom. The number of ether oxygens (including phenoxy) is 1. The number of hydrogen-bond donors (Lipinski definition) is 1. The van der Waals surface area contributed by atoms with E-state index in [9.17, 15) is 0 Å². The molecule has 0 aliphatic rings. The smallest absolute Gasteiger partial charge is 0.0518 e. The van der Waals surface area contributed by atoms with Crippen molar-refractivity contribution in [1.82, 2.24) is 0 Å². The molecule has 2 nitrogen and oxygen atoms in total. The second kappa shape index (κ2) is 7.05. The summed E-state index contributed by atoms with van der Waals surface area (Å²) in [5, 5.41) is 0. The molecule has 0 fully saturated rings. The van der Waals surface area contributed by atoms with Gasteiger partial charge in [0.05, 0.1) is 6.10 Å². The molecule has 0 aliphatic carbocycles. The first-order chi connectivity index (χ1) is 7.58. The van der Waals surface area contributed by atoms with E-state index in [1.165, 1.54) is 5.56 Å². The number of benzene rings is 1. The first-order valence-corrected chi connectivity index (χ1v) is 6.49. The molecule has 0 spiro atoms. The van der Waals surface area contributed by atoms with E-state index in [0.717, 1.165) is 23.9 Å². The summed E-state index contributed by atoms with van der Waals surface area (Å²) >= 11 is 3.42. The summed E-state index contributed by atoms with van der Waals surface area (Å²) in [7, 11) is 0. The van der Waals surface area contributed by atoms with Gasteiger partial charge in [0, 0.05) is 17.1 Å². The highest BCUT2D eigenvalue weighted by Crippen LogP contribution is 2.12. The predicted molar refractivity (Wildman–Crippen MR) is 71.5 cm³/mol. The first-order valence-electron chi connectivity index (χ1n) is 5.69. The molecule has 0 bridgehead atoms. The van der Waals surface area contributed by atoms with Crippen LogP contribution in [0.3, 0.4) is 0 Å². The molecule has 2 N–H and O–H groups in total. The number of rotatable bonds is 6. The fourth-order valence-corrected chi connectivity index (χ4v) is 1.74. The van der Waals surface area contributed by atoms with Gasteiger partial charge < -0.3 is 10.5 Å². The molecule has 0 aromatic heterocycles. The molecule has 1 unspecified atom stereocenters. The summed E-state index contributed by atoms with van der Waals surface area (Å²) in [6.45, 7) is 4.83. The van der Waals surface area contributed by atoms with Crippen LogP contribution >= 0.6 is 15.9 Å².